The van der Waals surface area contributed by atoms with E-state index in [4.69, 9.17) is 10.5 Å². The van der Waals surface area contributed by atoms with Crippen molar-refractivity contribution in [2.75, 3.05) is 26.7 Å². The van der Waals surface area contributed by atoms with Gasteiger partial charge in [-0.3, -0.25) is 4.90 Å². The molecule has 2 N–H and O–H groups in total. The van der Waals surface area contributed by atoms with Gasteiger partial charge in [0.25, 0.3) is 0 Å². The molecular formula is C13H26N2O. The van der Waals surface area contributed by atoms with Gasteiger partial charge in [0.15, 0.2) is 0 Å². The van der Waals surface area contributed by atoms with Gasteiger partial charge < -0.3 is 10.5 Å². The molecule has 2 atom stereocenters. The molecule has 0 aromatic rings. The summed E-state index contributed by atoms with van der Waals surface area (Å²) >= 11 is 0. The van der Waals surface area contributed by atoms with E-state index in [2.05, 4.69) is 18.7 Å². The lowest BCUT2D eigenvalue weighted by Crippen LogP contribution is -2.66. The van der Waals surface area contributed by atoms with E-state index in [1.54, 1.807) is 0 Å². The predicted molar refractivity (Wildman–Crippen MR) is 66.3 cm³/mol. The SMILES string of the molecule is COC1CC(CN)(N2CCC(C)C(C)C2)C1. The summed E-state index contributed by atoms with van der Waals surface area (Å²) in [5.41, 5.74) is 6.26. The van der Waals surface area contributed by atoms with Crippen molar-refractivity contribution in [2.45, 2.75) is 44.8 Å². The molecule has 3 nitrogen and oxygen atoms in total. The molecule has 0 radical (unpaired) electrons. The Labute approximate surface area is 99.3 Å². The Morgan fingerprint density at radius 1 is 1.31 bits per heavy atom. The molecule has 1 aliphatic heterocycles. The van der Waals surface area contributed by atoms with Crippen molar-refractivity contribution in [3.05, 3.63) is 0 Å². The Morgan fingerprint density at radius 3 is 2.50 bits per heavy atom. The van der Waals surface area contributed by atoms with Crippen molar-refractivity contribution in [1.82, 2.24) is 4.90 Å². The summed E-state index contributed by atoms with van der Waals surface area (Å²) in [5.74, 6) is 1.67. The van der Waals surface area contributed by atoms with Crippen molar-refractivity contribution in [2.24, 2.45) is 17.6 Å². The molecule has 1 aliphatic carbocycles. The maximum absolute atomic E-state index is 6.00. The minimum atomic E-state index is 0.259. The number of piperidine rings is 1. The molecule has 1 heterocycles. The zero-order valence-electron chi connectivity index (χ0n) is 10.9. The summed E-state index contributed by atoms with van der Waals surface area (Å²) in [4.78, 5) is 2.63. The van der Waals surface area contributed by atoms with Crippen LogP contribution in [0.3, 0.4) is 0 Å². The van der Waals surface area contributed by atoms with E-state index >= 15 is 0 Å². The summed E-state index contributed by atoms with van der Waals surface area (Å²) in [6.45, 7) is 7.96. The van der Waals surface area contributed by atoms with Crippen LogP contribution in [0, 0.1) is 11.8 Å². The van der Waals surface area contributed by atoms with Crippen LogP contribution in [0.4, 0.5) is 0 Å². The van der Waals surface area contributed by atoms with Gasteiger partial charge >= 0.3 is 0 Å². The van der Waals surface area contributed by atoms with E-state index in [0.29, 0.717) is 6.10 Å². The second-order valence-corrected chi connectivity index (χ2v) is 5.88. The van der Waals surface area contributed by atoms with Gasteiger partial charge in [-0.05, 0) is 37.6 Å². The first-order chi connectivity index (χ1) is 7.61. The Hall–Kier alpha value is -0.120. The van der Waals surface area contributed by atoms with Gasteiger partial charge in [-0.2, -0.15) is 0 Å². The number of rotatable bonds is 3. The van der Waals surface area contributed by atoms with Crippen LogP contribution >= 0.6 is 0 Å². The molecule has 2 rings (SSSR count). The molecule has 2 aliphatic rings. The number of nitrogens with two attached hydrogens (primary N) is 1. The molecule has 0 spiro atoms. The van der Waals surface area contributed by atoms with E-state index in [1.165, 1.54) is 19.5 Å². The minimum absolute atomic E-state index is 0.259. The number of nitrogens with zero attached hydrogens (tertiary/aromatic N) is 1. The zero-order valence-corrected chi connectivity index (χ0v) is 10.9. The molecule has 0 aromatic carbocycles. The van der Waals surface area contributed by atoms with Gasteiger partial charge in [0, 0.05) is 25.7 Å². The monoisotopic (exact) mass is 226 g/mol. The first kappa shape index (κ1) is 12.3. The lowest BCUT2D eigenvalue weighted by Gasteiger charge is -2.56. The van der Waals surface area contributed by atoms with Gasteiger partial charge in [-0.15, -0.1) is 0 Å². The van der Waals surface area contributed by atoms with E-state index < -0.39 is 0 Å². The van der Waals surface area contributed by atoms with E-state index in [0.717, 1.165) is 31.2 Å². The van der Waals surface area contributed by atoms with Crippen molar-refractivity contribution >= 4 is 0 Å². The molecule has 1 saturated heterocycles. The summed E-state index contributed by atoms with van der Waals surface area (Å²) in [6, 6.07) is 0. The number of likely N-dealkylation sites (tertiary alicyclic amines) is 1. The fourth-order valence-corrected chi connectivity index (χ4v) is 3.20. The molecule has 0 bridgehead atoms. The minimum Gasteiger partial charge on any atom is -0.381 e. The second-order valence-electron chi connectivity index (χ2n) is 5.88. The molecule has 2 unspecified atom stereocenters. The summed E-state index contributed by atoms with van der Waals surface area (Å²) in [5, 5.41) is 0. The fourth-order valence-electron chi connectivity index (χ4n) is 3.20. The topological polar surface area (TPSA) is 38.5 Å². The summed E-state index contributed by atoms with van der Waals surface area (Å²) < 4.78 is 5.40. The third-order valence-electron chi connectivity index (χ3n) is 4.93. The van der Waals surface area contributed by atoms with Crippen LogP contribution in [0.15, 0.2) is 0 Å². The van der Waals surface area contributed by atoms with E-state index in [-0.39, 0.29) is 5.54 Å². The molecule has 94 valence electrons. The average Bonchev–Trinajstić information content (AvgIpc) is 2.23. The smallest absolute Gasteiger partial charge is 0.0607 e. The number of hydrogen-bond donors (Lipinski definition) is 1. The Kier molecular flexibility index (Phi) is 3.57. The predicted octanol–water partition coefficient (Wildman–Crippen LogP) is 1.47. The average molecular weight is 226 g/mol. The summed E-state index contributed by atoms with van der Waals surface area (Å²) in [6.07, 6.45) is 4.01. The van der Waals surface area contributed by atoms with Crippen LogP contribution in [-0.4, -0.2) is 43.3 Å². The van der Waals surface area contributed by atoms with Gasteiger partial charge in [0.1, 0.15) is 0 Å². The highest BCUT2D eigenvalue weighted by Crippen LogP contribution is 2.41. The van der Waals surface area contributed by atoms with Crippen LogP contribution in [-0.2, 0) is 4.74 Å². The standard InChI is InChI=1S/C13H26N2O/c1-10-4-5-15(8-11(10)2)13(9-14)6-12(7-13)16-3/h10-12H,4-9,14H2,1-3H3. The quantitative estimate of drug-likeness (QED) is 0.792. The zero-order chi connectivity index (χ0) is 11.8. The normalized spacial score (nSPS) is 45.4. The highest BCUT2D eigenvalue weighted by Gasteiger charge is 2.48. The van der Waals surface area contributed by atoms with Crippen molar-refractivity contribution in [1.29, 1.82) is 0 Å². The Morgan fingerprint density at radius 2 is 2.00 bits per heavy atom. The first-order valence-corrected chi connectivity index (χ1v) is 6.59. The van der Waals surface area contributed by atoms with Gasteiger partial charge in [0.05, 0.1) is 6.10 Å². The molecule has 2 fully saturated rings. The van der Waals surface area contributed by atoms with Gasteiger partial charge in [0.2, 0.25) is 0 Å². The van der Waals surface area contributed by atoms with E-state index in [9.17, 15) is 0 Å². The third-order valence-corrected chi connectivity index (χ3v) is 4.93. The molecule has 16 heavy (non-hydrogen) atoms. The Balaban J connectivity index is 1.96. The van der Waals surface area contributed by atoms with Gasteiger partial charge in [-0.1, -0.05) is 13.8 Å². The number of ether oxygens (including phenoxy) is 1. The maximum atomic E-state index is 6.00. The van der Waals surface area contributed by atoms with E-state index in [1.807, 2.05) is 7.11 Å². The second kappa shape index (κ2) is 4.63. The molecule has 1 saturated carbocycles. The highest BCUT2D eigenvalue weighted by molar-refractivity contribution is 5.05. The highest BCUT2D eigenvalue weighted by atomic mass is 16.5. The van der Waals surface area contributed by atoms with Crippen LogP contribution < -0.4 is 5.73 Å². The van der Waals surface area contributed by atoms with Crippen LogP contribution in [0.1, 0.15) is 33.1 Å². The van der Waals surface area contributed by atoms with Crippen LogP contribution in [0.2, 0.25) is 0 Å². The van der Waals surface area contributed by atoms with Crippen LogP contribution in [0.25, 0.3) is 0 Å². The molecule has 0 aromatic heterocycles. The summed E-state index contributed by atoms with van der Waals surface area (Å²) in [7, 11) is 1.81. The molecule has 0 amide bonds. The van der Waals surface area contributed by atoms with Crippen molar-refractivity contribution in [3.8, 4) is 0 Å². The molecular weight excluding hydrogens is 200 g/mol. The lowest BCUT2D eigenvalue weighted by atomic mass is 9.71. The largest absolute Gasteiger partial charge is 0.381 e. The maximum Gasteiger partial charge on any atom is 0.0607 e. The van der Waals surface area contributed by atoms with Crippen molar-refractivity contribution < 1.29 is 4.74 Å². The Bertz CT molecular complexity index is 238. The number of methoxy groups -OCH3 is 1. The third kappa shape index (κ3) is 2.01. The molecule has 3 heteroatoms. The van der Waals surface area contributed by atoms with Crippen molar-refractivity contribution in [3.63, 3.8) is 0 Å². The van der Waals surface area contributed by atoms with Gasteiger partial charge in [-0.25, -0.2) is 0 Å². The lowest BCUT2D eigenvalue weighted by molar-refractivity contribution is -0.103. The number of hydrogen-bond acceptors (Lipinski definition) is 3. The first-order valence-electron chi connectivity index (χ1n) is 6.59. The van der Waals surface area contributed by atoms with Crippen LogP contribution in [0.5, 0.6) is 0 Å². The fraction of sp³-hybridized carbons (Fsp3) is 1.00.